The molecule has 1 saturated heterocycles. The van der Waals surface area contributed by atoms with Crippen LogP contribution < -0.4 is 10.1 Å². The van der Waals surface area contributed by atoms with Crippen LogP contribution in [0.15, 0.2) is 24.3 Å². The van der Waals surface area contributed by atoms with E-state index in [0.29, 0.717) is 18.4 Å². The number of methoxy groups -OCH3 is 1. The Kier molecular flexibility index (Phi) is 4.71. The maximum absolute atomic E-state index is 12.4. The van der Waals surface area contributed by atoms with E-state index in [1.165, 1.54) is 5.56 Å². The van der Waals surface area contributed by atoms with Gasteiger partial charge < -0.3 is 19.9 Å². The number of benzene rings is 1. The Morgan fingerprint density at radius 2 is 2.22 bits per heavy atom. The number of amides is 1. The van der Waals surface area contributed by atoms with Gasteiger partial charge in [0.2, 0.25) is 5.91 Å². The van der Waals surface area contributed by atoms with Gasteiger partial charge >= 0.3 is 0 Å². The molecule has 0 unspecified atom stereocenters. The molecule has 0 aromatic heterocycles. The lowest BCUT2D eigenvalue weighted by Gasteiger charge is -2.53. The van der Waals surface area contributed by atoms with Crippen molar-refractivity contribution < 1.29 is 19.4 Å². The van der Waals surface area contributed by atoms with Gasteiger partial charge in [-0.2, -0.15) is 0 Å². The van der Waals surface area contributed by atoms with Crippen LogP contribution in [0, 0.1) is 22.7 Å². The molecule has 4 rings (SSSR count). The van der Waals surface area contributed by atoms with E-state index in [-0.39, 0.29) is 41.9 Å². The topological polar surface area (TPSA) is 67.8 Å². The van der Waals surface area contributed by atoms with E-state index >= 15 is 0 Å². The summed E-state index contributed by atoms with van der Waals surface area (Å²) in [6.45, 7) is 5.20. The first-order chi connectivity index (χ1) is 12.9. The van der Waals surface area contributed by atoms with E-state index in [9.17, 15) is 4.79 Å². The third kappa shape index (κ3) is 2.87. The zero-order valence-electron chi connectivity index (χ0n) is 16.5. The van der Waals surface area contributed by atoms with E-state index in [1.54, 1.807) is 7.11 Å². The molecule has 1 aromatic rings. The molecule has 5 nitrogen and oxygen atoms in total. The SMILES string of the molecule is COc1cccc([C@H]2OCC[C@@]34C[C@@H](C[C@H]23)C(C)(C)[C@@H]4NC(=O)CCO)c1. The fraction of sp³-hybridized carbons (Fsp3) is 0.682. The first kappa shape index (κ1) is 18.8. The van der Waals surface area contributed by atoms with Crippen LogP contribution in [-0.2, 0) is 9.53 Å². The van der Waals surface area contributed by atoms with E-state index in [1.807, 2.05) is 12.1 Å². The number of aliphatic hydroxyl groups excluding tert-OH is 1. The highest BCUT2D eigenvalue weighted by Gasteiger charge is 2.68. The standard InChI is InChI=1S/C22H31NO4/c1-21(2)15-12-17-19(14-5-4-6-16(11-14)26-3)27-10-8-22(17,13-15)20(21)23-18(25)7-9-24/h4-6,11,15,17,19-20,24H,7-10,12-13H2,1-3H3,(H,23,25)/t15-,17-,19-,20+,22-/m1/s1. The van der Waals surface area contributed by atoms with Crippen LogP contribution in [-0.4, -0.2) is 37.4 Å². The number of rotatable bonds is 5. The molecular weight excluding hydrogens is 342 g/mol. The van der Waals surface area contributed by atoms with Crippen LogP contribution in [0.25, 0.3) is 0 Å². The van der Waals surface area contributed by atoms with Crippen molar-refractivity contribution in [3.8, 4) is 5.75 Å². The van der Waals surface area contributed by atoms with Crippen molar-refractivity contribution in [2.24, 2.45) is 22.7 Å². The molecule has 1 heterocycles. The van der Waals surface area contributed by atoms with Gasteiger partial charge in [0.15, 0.2) is 0 Å². The largest absolute Gasteiger partial charge is 0.497 e. The highest BCUT2D eigenvalue weighted by molar-refractivity contribution is 5.76. The van der Waals surface area contributed by atoms with Gasteiger partial charge in [0, 0.05) is 19.1 Å². The molecular formula is C22H31NO4. The lowest BCUT2D eigenvalue weighted by Crippen LogP contribution is -2.59. The summed E-state index contributed by atoms with van der Waals surface area (Å²) >= 11 is 0. The Labute approximate surface area is 161 Å². The zero-order chi connectivity index (χ0) is 19.2. The minimum absolute atomic E-state index is 0.0410. The molecule has 2 N–H and O–H groups in total. The van der Waals surface area contributed by atoms with Gasteiger partial charge in [-0.3, -0.25) is 4.79 Å². The smallest absolute Gasteiger partial charge is 0.222 e. The molecule has 148 valence electrons. The van der Waals surface area contributed by atoms with E-state index in [0.717, 1.165) is 25.0 Å². The van der Waals surface area contributed by atoms with Gasteiger partial charge in [-0.25, -0.2) is 0 Å². The predicted octanol–water partition coefficient (Wildman–Crippen LogP) is 3.08. The second-order valence-corrected chi connectivity index (χ2v) is 9.09. The number of aliphatic hydroxyl groups is 1. The van der Waals surface area contributed by atoms with Gasteiger partial charge in [-0.15, -0.1) is 0 Å². The Bertz CT molecular complexity index is 718. The minimum atomic E-state index is -0.103. The molecule has 27 heavy (non-hydrogen) atoms. The number of carbonyl (C=O) groups is 1. The van der Waals surface area contributed by atoms with Crippen LogP contribution in [0.4, 0.5) is 0 Å². The van der Waals surface area contributed by atoms with Crippen LogP contribution in [0.5, 0.6) is 5.75 Å². The molecule has 2 aliphatic carbocycles. The minimum Gasteiger partial charge on any atom is -0.497 e. The molecule has 1 spiro atoms. The van der Waals surface area contributed by atoms with Gasteiger partial charge in [0.1, 0.15) is 5.75 Å². The van der Waals surface area contributed by atoms with E-state index in [4.69, 9.17) is 14.6 Å². The van der Waals surface area contributed by atoms with Crippen LogP contribution >= 0.6 is 0 Å². The van der Waals surface area contributed by atoms with Crippen molar-refractivity contribution >= 4 is 5.91 Å². The lowest BCUT2D eigenvalue weighted by atomic mass is 9.59. The molecule has 1 aromatic carbocycles. The summed E-state index contributed by atoms with van der Waals surface area (Å²) in [5.41, 5.74) is 1.31. The third-order valence-corrected chi connectivity index (χ3v) is 7.57. The predicted molar refractivity (Wildman–Crippen MR) is 102 cm³/mol. The summed E-state index contributed by atoms with van der Waals surface area (Å²) in [5.74, 6) is 1.79. The number of hydrogen-bond donors (Lipinski definition) is 2. The van der Waals surface area contributed by atoms with Crippen LogP contribution in [0.3, 0.4) is 0 Å². The molecule has 5 heteroatoms. The molecule has 1 aliphatic heterocycles. The van der Waals surface area contributed by atoms with Crippen molar-refractivity contribution in [3.63, 3.8) is 0 Å². The van der Waals surface area contributed by atoms with Gasteiger partial charge in [0.25, 0.3) is 0 Å². The van der Waals surface area contributed by atoms with Crippen molar-refractivity contribution in [3.05, 3.63) is 29.8 Å². The van der Waals surface area contributed by atoms with Crippen molar-refractivity contribution in [1.82, 2.24) is 5.32 Å². The number of ether oxygens (including phenoxy) is 2. The monoisotopic (exact) mass is 373 g/mol. The maximum Gasteiger partial charge on any atom is 0.222 e. The number of hydrogen-bond acceptors (Lipinski definition) is 4. The summed E-state index contributed by atoms with van der Waals surface area (Å²) in [6, 6.07) is 8.33. The highest BCUT2D eigenvalue weighted by atomic mass is 16.5. The summed E-state index contributed by atoms with van der Waals surface area (Å²) in [6.07, 6.45) is 3.50. The summed E-state index contributed by atoms with van der Waals surface area (Å²) in [5, 5.41) is 12.5. The molecule has 3 fully saturated rings. The molecule has 3 aliphatic rings. The van der Waals surface area contributed by atoms with Crippen LogP contribution in [0.1, 0.15) is 51.2 Å². The average Bonchev–Trinajstić information content (AvgIpc) is 3.14. The first-order valence-corrected chi connectivity index (χ1v) is 10.1. The quantitative estimate of drug-likeness (QED) is 0.832. The molecule has 1 amide bonds. The van der Waals surface area contributed by atoms with E-state index in [2.05, 4.69) is 31.3 Å². The summed E-state index contributed by atoms with van der Waals surface area (Å²) in [4.78, 5) is 12.4. The third-order valence-electron chi connectivity index (χ3n) is 7.57. The summed E-state index contributed by atoms with van der Waals surface area (Å²) in [7, 11) is 1.69. The Hall–Kier alpha value is -1.59. The number of carbonyl (C=O) groups excluding carboxylic acids is 1. The Balaban J connectivity index is 1.66. The highest BCUT2D eigenvalue weighted by Crippen LogP contribution is 2.70. The summed E-state index contributed by atoms with van der Waals surface area (Å²) < 4.78 is 11.7. The first-order valence-electron chi connectivity index (χ1n) is 10.1. The molecule has 2 bridgehead atoms. The fourth-order valence-electron chi connectivity index (χ4n) is 6.27. The normalized spacial score (nSPS) is 36.3. The Morgan fingerprint density at radius 1 is 1.41 bits per heavy atom. The van der Waals surface area contributed by atoms with Gasteiger partial charge in [0.05, 0.1) is 19.8 Å². The molecule has 0 radical (unpaired) electrons. The zero-order valence-corrected chi connectivity index (χ0v) is 16.5. The number of nitrogens with one attached hydrogen (secondary N) is 1. The molecule has 5 atom stereocenters. The van der Waals surface area contributed by atoms with Crippen LogP contribution in [0.2, 0.25) is 0 Å². The Morgan fingerprint density at radius 3 is 2.96 bits per heavy atom. The second-order valence-electron chi connectivity index (χ2n) is 9.09. The fourth-order valence-corrected chi connectivity index (χ4v) is 6.27. The van der Waals surface area contributed by atoms with Gasteiger partial charge in [-0.05, 0) is 59.6 Å². The second kappa shape index (κ2) is 6.78. The van der Waals surface area contributed by atoms with E-state index < -0.39 is 0 Å². The van der Waals surface area contributed by atoms with Crippen molar-refractivity contribution in [1.29, 1.82) is 0 Å². The average molecular weight is 373 g/mol. The van der Waals surface area contributed by atoms with Crippen molar-refractivity contribution in [2.75, 3.05) is 20.3 Å². The van der Waals surface area contributed by atoms with Gasteiger partial charge in [-0.1, -0.05) is 26.0 Å². The lowest BCUT2D eigenvalue weighted by molar-refractivity contribution is -0.137. The number of fused-ring (bicyclic) bond motifs is 1. The van der Waals surface area contributed by atoms with Crippen molar-refractivity contribution in [2.45, 2.75) is 51.7 Å². The maximum atomic E-state index is 12.4. The molecule has 2 saturated carbocycles.